The van der Waals surface area contributed by atoms with E-state index in [0.717, 1.165) is 10.1 Å². The normalized spacial score (nSPS) is 11.3. The monoisotopic (exact) mass is 446 g/mol. The topological polar surface area (TPSA) is 99.1 Å². The summed E-state index contributed by atoms with van der Waals surface area (Å²) in [5.41, 5.74) is 2.24. The number of nitrogens with zero attached hydrogens (tertiary/aromatic N) is 3. The van der Waals surface area contributed by atoms with Gasteiger partial charge in [0.1, 0.15) is 12.3 Å². The molecule has 0 unspecified atom stereocenters. The fraction of sp³-hybridized carbons (Fsp3) is 0.280. The van der Waals surface area contributed by atoms with Crippen LogP contribution in [-0.4, -0.2) is 20.0 Å². The number of fused-ring (bicyclic) bond motifs is 1. The molecule has 170 valence electrons. The molecule has 0 spiro atoms. The van der Waals surface area contributed by atoms with Crippen molar-refractivity contribution >= 4 is 22.6 Å². The molecule has 8 nitrogen and oxygen atoms in total. The van der Waals surface area contributed by atoms with Gasteiger partial charge in [-0.15, -0.1) is 0 Å². The molecule has 4 rings (SSSR count). The van der Waals surface area contributed by atoms with E-state index in [-0.39, 0.29) is 12.2 Å². The van der Waals surface area contributed by atoms with Gasteiger partial charge in [0.2, 0.25) is 5.91 Å². The molecular weight excluding hydrogens is 420 g/mol. The highest BCUT2D eigenvalue weighted by atomic mass is 16.3. The Labute approximate surface area is 190 Å². The Kier molecular flexibility index (Phi) is 6.00. The third-order valence-electron chi connectivity index (χ3n) is 5.56. The Bertz CT molecular complexity index is 1430. The van der Waals surface area contributed by atoms with Crippen molar-refractivity contribution in [2.75, 3.05) is 5.32 Å². The minimum Gasteiger partial charge on any atom is -0.467 e. The van der Waals surface area contributed by atoms with Crippen molar-refractivity contribution in [3.8, 4) is 0 Å². The fourth-order valence-electron chi connectivity index (χ4n) is 3.87. The second kappa shape index (κ2) is 8.90. The molecule has 0 saturated carbocycles. The molecule has 0 aliphatic carbocycles. The van der Waals surface area contributed by atoms with E-state index >= 15 is 0 Å². The van der Waals surface area contributed by atoms with Gasteiger partial charge in [-0.05, 0) is 61.2 Å². The average Bonchev–Trinajstić information content (AvgIpc) is 3.27. The number of anilines is 1. The van der Waals surface area contributed by atoms with Crippen molar-refractivity contribution in [1.82, 2.24) is 14.1 Å². The van der Waals surface area contributed by atoms with Gasteiger partial charge in [0.15, 0.2) is 5.65 Å². The van der Waals surface area contributed by atoms with Crippen molar-refractivity contribution in [1.29, 1.82) is 0 Å². The summed E-state index contributed by atoms with van der Waals surface area (Å²) >= 11 is 0. The molecule has 1 N–H and O–H groups in total. The molecule has 4 aromatic rings. The predicted molar refractivity (Wildman–Crippen MR) is 127 cm³/mol. The maximum atomic E-state index is 13.3. The second-order valence-electron chi connectivity index (χ2n) is 8.44. The minimum absolute atomic E-state index is 0.0940. The molecule has 0 aliphatic rings. The summed E-state index contributed by atoms with van der Waals surface area (Å²) < 4.78 is 7.73. The van der Waals surface area contributed by atoms with E-state index in [2.05, 4.69) is 24.1 Å². The smallest absolute Gasteiger partial charge is 0.333 e. The summed E-state index contributed by atoms with van der Waals surface area (Å²) in [4.78, 5) is 43.8. The van der Waals surface area contributed by atoms with Gasteiger partial charge < -0.3 is 9.73 Å². The predicted octanol–water partition coefficient (Wildman–Crippen LogP) is 3.58. The van der Waals surface area contributed by atoms with Crippen molar-refractivity contribution in [2.45, 2.75) is 46.7 Å². The SMILES string of the molecule is Cc1cc(C)c2c(=O)n(CC(=O)Nc3ccc(C(C)C)cc3)c(=O)n(Cc3ccco3)c2n1. The van der Waals surface area contributed by atoms with Crippen LogP contribution >= 0.6 is 0 Å². The number of aromatic nitrogens is 3. The van der Waals surface area contributed by atoms with Crippen molar-refractivity contribution in [3.63, 3.8) is 0 Å². The summed E-state index contributed by atoms with van der Waals surface area (Å²) in [5, 5.41) is 3.07. The van der Waals surface area contributed by atoms with E-state index in [9.17, 15) is 14.4 Å². The van der Waals surface area contributed by atoms with Crippen LogP contribution in [0.15, 0.2) is 62.7 Å². The van der Waals surface area contributed by atoms with Gasteiger partial charge in [-0.2, -0.15) is 0 Å². The van der Waals surface area contributed by atoms with Crippen LogP contribution < -0.4 is 16.6 Å². The number of hydrogen-bond acceptors (Lipinski definition) is 5. The number of amides is 1. The summed E-state index contributed by atoms with van der Waals surface area (Å²) in [7, 11) is 0. The third kappa shape index (κ3) is 4.50. The molecule has 0 atom stereocenters. The minimum atomic E-state index is -0.619. The lowest BCUT2D eigenvalue weighted by Gasteiger charge is -2.15. The molecule has 1 aromatic carbocycles. The zero-order valence-electron chi connectivity index (χ0n) is 19.1. The van der Waals surface area contributed by atoms with Crippen LogP contribution in [0.25, 0.3) is 11.0 Å². The Morgan fingerprint density at radius 1 is 1.09 bits per heavy atom. The Morgan fingerprint density at radius 3 is 2.45 bits per heavy atom. The van der Waals surface area contributed by atoms with Crippen molar-refractivity contribution in [2.24, 2.45) is 0 Å². The first-order valence-corrected chi connectivity index (χ1v) is 10.8. The second-order valence-corrected chi connectivity index (χ2v) is 8.44. The van der Waals surface area contributed by atoms with E-state index in [4.69, 9.17) is 4.42 Å². The molecule has 0 fully saturated rings. The quantitative estimate of drug-likeness (QED) is 0.488. The molecule has 1 amide bonds. The number of aryl methyl sites for hydroxylation is 2. The number of nitrogens with one attached hydrogen (secondary N) is 1. The van der Waals surface area contributed by atoms with E-state index in [1.54, 1.807) is 32.0 Å². The Morgan fingerprint density at radius 2 is 1.82 bits per heavy atom. The summed E-state index contributed by atoms with van der Waals surface area (Å²) in [5.74, 6) is 0.450. The van der Waals surface area contributed by atoms with Gasteiger partial charge in [-0.25, -0.2) is 9.78 Å². The largest absolute Gasteiger partial charge is 0.467 e. The van der Waals surface area contributed by atoms with Crippen molar-refractivity contribution in [3.05, 3.63) is 92.1 Å². The number of rotatable bonds is 6. The van der Waals surface area contributed by atoms with Crippen LogP contribution in [0.5, 0.6) is 0 Å². The highest BCUT2D eigenvalue weighted by Gasteiger charge is 2.19. The maximum absolute atomic E-state index is 13.3. The number of carbonyl (C=O) groups is 1. The van der Waals surface area contributed by atoms with Gasteiger partial charge in [0, 0.05) is 11.4 Å². The van der Waals surface area contributed by atoms with E-state index in [1.807, 2.05) is 24.3 Å². The first-order chi connectivity index (χ1) is 15.7. The zero-order valence-corrected chi connectivity index (χ0v) is 19.1. The van der Waals surface area contributed by atoms with E-state index in [1.165, 1.54) is 10.8 Å². The number of carbonyl (C=O) groups excluding carboxylic acids is 1. The highest BCUT2D eigenvalue weighted by molar-refractivity contribution is 5.90. The molecule has 0 saturated heterocycles. The van der Waals surface area contributed by atoms with Gasteiger partial charge in [-0.1, -0.05) is 26.0 Å². The van der Waals surface area contributed by atoms with E-state index in [0.29, 0.717) is 34.0 Å². The molecule has 33 heavy (non-hydrogen) atoms. The highest BCUT2D eigenvalue weighted by Crippen LogP contribution is 2.17. The first kappa shape index (κ1) is 22.3. The van der Waals surface area contributed by atoms with Gasteiger partial charge >= 0.3 is 5.69 Å². The fourth-order valence-corrected chi connectivity index (χ4v) is 3.87. The van der Waals surface area contributed by atoms with E-state index < -0.39 is 23.7 Å². The van der Waals surface area contributed by atoms with Gasteiger partial charge in [-0.3, -0.25) is 18.7 Å². The number of benzene rings is 1. The summed E-state index contributed by atoms with van der Waals surface area (Å²) in [6.07, 6.45) is 1.51. The Balaban J connectivity index is 1.74. The Hall–Kier alpha value is -3.94. The molecule has 3 heterocycles. The molecule has 0 aliphatic heterocycles. The van der Waals surface area contributed by atoms with Crippen LogP contribution in [0.3, 0.4) is 0 Å². The summed E-state index contributed by atoms with van der Waals surface area (Å²) in [6.45, 7) is 7.46. The van der Waals surface area contributed by atoms with Crippen LogP contribution in [-0.2, 0) is 17.9 Å². The summed E-state index contributed by atoms with van der Waals surface area (Å²) in [6, 6.07) is 12.7. The molecule has 0 radical (unpaired) electrons. The standard InChI is InChI=1S/C25H26N4O4/c1-15(2)18-7-9-19(10-8-18)27-21(30)14-29-24(31)22-16(3)12-17(4)26-23(22)28(25(29)32)13-20-6-5-11-33-20/h5-12,15H,13-14H2,1-4H3,(H,27,30). The molecule has 0 bridgehead atoms. The first-order valence-electron chi connectivity index (χ1n) is 10.8. The average molecular weight is 447 g/mol. The maximum Gasteiger partial charge on any atom is 0.333 e. The molecule has 8 heteroatoms. The zero-order chi connectivity index (χ0) is 23.7. The number of pyridine rings is 1. The van der Waals surface area contributed by atoms with Crippen LogP contribution in [0.4, 0.5) is 5.69 Å². The lowest BCUT2D eigenvalue weighted by atomic mass is 10.0. The van der Waals surface area contributed by atoms with Crippen molar-refractivity contribution < 1.29 is 9.21 Å². The van der Waals surface area contributed by atoms with Crippen LogP contribution in [0.2, 0.25) is 0 Å². The number of hydrogen-bond donors (Lipinski definition) is 1. The van der Waals surface area contributed by atoms with Crippen LogP contribution in [0.1, 0.15) is 42.3 Å². The molecular formula is C25H26N4O4. The lowest BCUT2D eigenvalue weighted by Crippen LogP contribution is -2.43. The molecule has 3 aromatic heterocycles. The third-order valence-corrected chi connectivity index (χ3v) is 5.56. The van der Waals surface area contributed by atoms with Crippen LogP contribution in [0, 0.1) is 13.8 Å². The number of furan rings is 1. The van der Waals surface area contributed by atoms with Gasteiger partial charge in [0.25, 0.3) is 5.56 Å². The lowest BCUT2D eigenvalue weighted by molar-refractivity contribution is -0.116. The van der Waals surface area contributed by atoms with Gasteiger partial charge in [0.05, 0.1) is 18.2 Å².